The summed E-state index contributed by atoms with van der Waals surface area (Å²) in [6, 6.07) is 11.9. The number of aryl methyl sites for hydroxylation is 1. The Morgan fingerprint density at radius 2 is 1.95 bits per heavy atom. The van der Waals surface area contributed by atoms with E-state index in [2.05, 4.69) is 32.0 Å². The fourth-order valence-corrected chi connectivity index (χ4v) is 2.41. The van der Waals surface area contributed by atoms with E-state index in [4.69, 9.17) is 11.6 Å². The van der Waals surface area contributed by atoms with E-state index >= 15 is 0 Å². The fourth-order valence-electron chi connectivity index (χ4n) is 2.24. The van der Waals surface area contributed by atoms with Crippen LogP contribution in [0.1, 0.15) is 11.5 Å². The topological polar surface area (TPSA) is 42.7 Å². The summed E-state index contributed by atoms with van der Waals surface area (Å²) in [6.07, 6.45) is 5.27. The Morgan fingerprint density at radius 1 is 1.14 bits per heavy atom. The summed E-state index contributed by atoms with van der Waals surface area (Å²) in [5, 5.41) is 3.96. The van der Waals surface area contributed by atoms with Crippen LogP contribution in [-0.2, 0) is 6.54 Å². The fraction of sp³-hybridized carbons (Fsp3) is 0.125. The van der Waals surface area contributed by atoms with Gasteiger partial charge in [-0.3, -0.25) is 9.55 Å². The lowest BCUT2D eigenvalue weighted by atomic mass is 10.3. The minimum Gasteiger partial charge on any atom is -0.377 e. The highest BCUT2D eigenvalue weighted by Crippen LogP contribution is 2.21. The number of aromatic nitrogens is 3. The molecule has 1 aromatic carbocycles. The van der Waals surface area contributed by atoms with E-state index in [0.29, 0.717) is 11.6 Å². The Labute approximate surface area is 128 Å². The predicted octanol–water partition coefficient (Wildman–Crippen LogP) is 3.84. The minimum absolute atomic E-state index is 0.626. The summed E-state index contributed by atoms with van der Waals surface area (Å²) < 4.78 is 2.12. The predicted molar refractivity (Wildman–Crippen MR) is 84.9 cm³/mol. The van der Waals surface area contributed by atoms with Gasteiger partial charge in [-0.25, -0.2) is 4.98 Å². The summed E-state index contributed by atoms with van der Waals surface area (Å²) >= 11 is 6.13. The van der Waals surface area contributed by atoms with Crippen molar-refractivity contribution >= 4 is 17.3 Å². The maximum atomic E-state index is 6.13. The van der Waals surface area contributed by atoms with Crippen LogP contribution in [0.5, 0.6) is 0 Å². The number of rotatable bonds is 4. The Bertz CT molecular complexity index is 737. The van der Waals surface area contributed by atoms with Crippen LogP contribution in [0.3, 0.4) is 0 Å². The largest absolute Gasteiger partial charge is 0.377 e. The summed E-state index contributed by atoms with van der Waals surface area (Å²) in [5.41, 5.74) is 2.98. The van der Waals surface area contributed by atoms with Crippen LogP contribution in [0.2, 0.25) is 5.02 Å². The molecule has 2 heterocycles. The van der Waals surface area contributed by atoms with Gasteiger partial charge in [-0.2, -0.15) is 0 Å². The number of halogens is 1. The van der Waals surface area contributed by atoms with Gasteiger partial charge in [0.2, 0.25) is 0 Å². The molecular formula is C16H15ClN4. The standard InChI is InChI=1S/C16H15ClN4/c1-12-19-9-14(21(12)13-5-3-2-4-6-13)10-20-16-11-18-8-7-15(16)17/h2-9,11,20H,10H2,1H3. The molecule has 3 rings (SSSR count). The quantitative estimate of drug-likeness (QED) is 0.796. The van der Waals surface area contributed by atoms with Crippen molar-refractivity contribution in [3.63, 3.8) is 0 Å². The molecular weight excluding hydrogens is 284 g/mol. The van der Waals surface area contributed by atoms with Gasteiger partial charge in [0.1, 0.15) is 5.82 Å². The maximum Gasteiger partial charge on any atom is 0.110 e. The minimum atomic E-state index is 0.626. The van der Waals surface area contributed by atoms with Gasteiger partial charge < -0.3 is 5.32 Å². The van der Waals surface area contributed by atoms with E-state index in [1.807, 2.05) is 31.3 Å². The molecule has 0 aliphatic rings. The highest BCUT2D eigenvalue weighted by Gasteiger charge is 2.09. The van der Waals surface area contributed by atoms with Crippen molar-refractivity contribution < 1.29 is 0 Å². The zero-order valence-electron chi connectivity index (χ0n) is 11.6. The Hall–Kier alpha value is -2.33. The molecule has 0 bridgehead atoms. The van der Waals surface area contributed by atoms with Crippen molar-refractivity contribution in [2.24, 2.45) is 0 Å². The number of hydrogen-bond donors (Lipinski definition) is 1. The second kappa shape index (κ2) is 5.97. The summed E-state index contributed by atoms with van der Waals surface area (Å²) in [7, 11) is 0. The first-order chi connectivity index (χ1) is 10.3. The SMILES string of the molecule is Cc1ncc(CNc2cnccc2Cl)n1-c1ccccc1. The van der Waals surface area contributed by atoms with E-state index in [0.717, 1.165) is 22.9 Å². The third-order valence-electron chi connectivity index (χ3n) is 3.25. The lowest BCUT2D eigenvalue weighted by Gasteiger charge is -2.12. The second-order valence-electron chi connectivity index (χ2n) is 4.68. The summed E-state index contributed by atoms with van der Waals surface area (Å²) in [4.78, 5) is 8.48. The lowest BCUT2D eigenvalue weighted by Crippen LogP contribution is -2.07. The van der Waals surface area contributed by atoms with Gasteiger partial charge in [0.05, 0.1) is 35.3 Å². The van der Waals surface area contributed by atoms with E-state index in [1.165, 1.54) is 0 Å². The van der Waals surface area contributed by atoms with Crippen molar-refractivity contribution in [3.8, 4) is 5.69 Å². The summed E-state index contributed by atoms with van der Waals surface area (Å²) in [5.74, 6) is 0.954. The molecule has 1 N–H and O–H groups in total. The van der Waals surface area contributed by atoms with Crippen molar-refractivity contribution in [3.05, 3.63) is 71.5 Å². The molecule has 21 heavy (non-hydrogen) atoms. The Kier molecular flexibility index (Phi) is 3.88. The Morgan fingerprint density at radius 3 is 2.71 bits per heavy atom. The van der Waals surface area contributed by atoms with Crippen LogP contribution in [0.4, 0.5) is 5.69 Å². The van der Waals surface area contributed by atoms with Crippen LogP contribution in [-0.4, -0.2) is 14.5 Å². The molecule has 0 fully saturated rings. The molecule has 3 aromatic rings. The second-order valence-corrected chi connectivity index (χ2v) is 5.08. The van der Waals surface area contributed by atoms with Crippen molar-refractivity contribution in [1.29, 1.82) is 0 Å². The molecule has 0 atom stereocenters. The zero-order valence-corrected chi connectivity index (χ0v) is 12.4. The van der Waals surface area contributed by atoms with Crippen molar-refractivity contribution in [2.75, 3.05) is 5.32 Å². The monoisotopic (exact) mass is 298 g/mol. The van der Waals surface area contributed by atoms with Gasteiger partial charge >= 0.3 is 0 Å². The van der Waals surface area contributed by atoms with E-state index < -0.39 is 0 Å². The third kappa shape index (κ3) is 2.90. The Balaban J connectivity index is 1.86. The number of nitrogens with zero attached hydrogens (tertiary/aromatic N) is 3. The van der Waals surface area contributed by atoms with E-state index in [9.17, 15) is 0 Å². The number of pyridine rings is 1. The van der Waals surface area contributed by atoms with Crippen LogP contribution in [0.15, 0.2) is 55.0 Å². The molecule has 0 aliphatic carbocycles. The molecule has 106 valence electrons. The average Bonchev–Trinajstić information content (AvgIpc) is 2.88. The molecule has 0 aliphatic heterocycles. The molecule has 2 aromatic heterocycles. The summed E-state index contributed by atoms with van der Waals surface area (Å²) in [6.45, 7) is 2.62. The van der Waals surface area contributed by atoms with Crippen LogP contribution >= 0.6 is 11.6 Å². The number of benzene rings is 1. The normalized spacial score (nSPS) is 10.6. The van der Waals surface area contributed by atoms with Crippen molar-refractivity contribution in [2.45, 2.75) is 13.5 Å². The first-order valence-electron chi connectivity index (χ1n) is 6.68. The molecule has 0 amide bonds. The molecule has 0 saturated heterocycles. The molecule has 4 nitrogen and oxygen atoms in total. The first kappa shape index (κ1) is 13.6. The molecule has 0 spiro atoms. The number of para-hydroxylation sites is 1. The maximum absolute atomic E-state index is 6.13. The van der Waals surface area contributed by atoms with E-state index in [-0.39, 0.29) is 0 Å². The number of hydrogen-bond acceptors (Lipinski definition) is 3. The lowest BCUT2D eigenvalue weighted by molar-refractivity contribution is 0.899. The van der Waals surface area contributed by atoms with Crippen LogP contribution in [0.25, 0.3) is 5.69 Å². The van der Waals surface area contributed by atoms with Gasteiger partial charge in [-0.1, -0.05) is 29.8 Å². The molecule has 0 radical (unpaired) electrons. The average molecular weight is 299 g/mol. The van der Waals surface area contributed by atoms with Crippen LogP contribution in [0, 0.1) is 6.92 Å². The van der Waals surface area contributed by atoms with Gasteiger partial charge in [0.15, 0.2) is 0 Å². The smallest absolute Gasteiger partial charge is 0.110 e. The zero-order chi connectivity index (χ0) is 14.7. The van der Waals surface area contributed by atoms with Crippen LogP contribution < -0.4 is 5.32 Å². The molecule has 5 heteroatoms. The molecule has 0 saturated carbocycles. The highest BCUT2D eigenvalue weighted by atomic mass is 35.5. The van der Waals surface area contributed by atoms with Gasteiger partial charge in [-0.05, 0) is 25.1 Å². The number of anilines is 1. The van der Waals surface area contributed by atoms with Crippen molar-refractivity contribution in [1.82, 2.24) is 14.5 Å². The number of imidazole rings is 1. The first-order valence-corrected chi connectivity index (χ1v) is 7.05. The molecule has 0 unspecified atom stereocenters. The van der Waals surface area contributed by atoms with Gasteiger partial charge in [0, 0.05) is 11.9 Å². The van der Waals surface area contributed by atoms with Gasteiger partial charge in [-0.15, -0.1) is 0 Å². The van der Waals surface area contributed by atoms with E-state index in [1.54, 1.807) is 18.5 Å². The highest BCUT2D eigenvalue weighted by molar-refractivity contribution is 6.33. The number of nitrogens with one attached hydrogen (secondary N) is 1. The third-order valence-corrected chi connectivity index (χ3v) is 3.58. The van der Waals surface area contributed by atoms with Gasteiger partial charge in [0.25, 0.3) is 0 Å².